The molecule has 6 nitrogen and oxygen atoms in total. The van der Waals surface area contributed by atoms with Gasteiger partial charge in [-0.25, -0.2) is 9.78 Å². The molecule has 5 unspecified atom stereocenters. The van der Waals surface area contributed by atoms with Crippen LogP contribution >= 0.6 is 0 Å². The summed E-state index contributed by atoms with van der Waals surface area (Å²) in [5, 5.41) is 12.3. The Kier molecular flexibility index (Phi) is 5.43. The number of carbonyl (C=O) groups excluding carboxylic acids is 1. The minimum atomic E-state index is 0.0981. The van der Waals surface area contributed by atoms with Crippen LogP contribution in [0.4, 0.5) is 10.6 Å². The number of anilines is 1. The molecule has 150 valence electrons. The predicted molar refractivity (Wildman–Crippen MR) is 109 cm³/mol. The molecule has 0 radical (unpaired) electrons. The van der Waals surface area contributed by atoms with Crippen LogP contribution < -0.4 is 10.2 Å². The van der Waals surface area contributed by atoms with Crippen LogP contribution in [0.3, 0.4) is 0 Å². The number of aromatic nitrogens is 1. The van der Waals surface area contributed by atoms with E-state index < -0.39 is 0 Å². The van der Waals surface area contributed by atoms with Crippen molar-refractivity contribution in [2.75, 3.05) is 31.1 Å². The summed E-state index contributed by atoms with van der Waals surface area (Å²) in [6, 6.07) is 6.20. The fraction of sp³-hybridized carbons (Fsp3) is 0.682. The van der Waals surface area contributed by atoms with Gasteiger partial charge in [-0.05, 0) is 61.5 Å². The zero-order chi connectivity index (χ0) is 19.7. The van der Waals surface area contributed by atoms with Crippen molar-refractivity contribution in [2.45, 2.75) is 45.6 Å². The standard InChI is InChI=1S/C22H31N5O/c1-15-9-18-11-16(2)21(19(10-15)12-18)25-22(28)27-7-5-26(6-8-27)20-4-3-17(13-23)14-24-20/h3-4,14-16,18-19,21H,5-12H2,1-2H3,(H,25,28). The number of fused-ring (bicyclic) bond motifs is 2. The van der Waals surface area contributed by atoms with Gasteiger partial charge in [0.25, 0.3) is 0 Å². The molecule has 1 aromatic heterocycles. The number of nitrogens with one attached hydrogen (secondary N) is 1. The molecule has 1 aromatic rings. The Morgan fingerprint density at radius 2 is 1.93 bits per heavy atom. The maximum Gasteiger partial charge on any atom is 0.317 e. The third-order valence-electron chi connectivity index (χ3n) is 6.96. The Bertz CT molecular complexity index is 730. The Labute approximate surface area is 167 Å². The van der Waals surface area contributed by atoms with E-state index in [0.717, 1.165) is 30.7 Å². The first kappa shape index (κ1) is 19.0. The second-order valence-electron chi connectivity index (χ2n) is 9.12. The fourth-order valence-corrected chi connectivity index (χ4v) is 5.70. The molecule has 1 aliphatic heterocycles. The Morgan fingerprint density at radius 1 is 1.14 bits per heavy atom. The minimum absolute atomic E-state index is 0.0981. The van der Waals surface area contributed by atoms with Crippen molar-refractivity contribution in [3.63, 3.8) is 0 Å². The number of nitrogens with zero attached hydrogens (tertiary/aromatic N) is 4. The van der Waals surface area contributed by atoms with Gasteiger partial charge in [-0.3, -0.25) is 0 Å². The van der Waals surface area contributed by atoms with Crippen molar-refractivity contribution < 1.29 is 4.79 Å². The molecule has 2 amide bonds. The third-order valence-corrected chi connectivity index (χ3v) is 6.96. The van der Waals surface area contributed by atoms with Crippen molar-refractivity contribution in [3.8, 4) is 6.07 Å². The molecule has 0 spiro atoms. The molecule has 5 atom stereocenters. The quantitative estimate of drug-likeness (QED) is 0.854. The van der Waals surface area contributed by atoms with Crippen LogP contribution in [-0.2, 0) is 0 Å². The molecule has 1 N–H and O–H groups in total. The lowest BCUT2D eigenvalue weighted by molar-refractivity contribution is 0.0702. The summed E-state index contributed by atoms with van der Waals surface area (Å²) >= 11 is 0. The van der Waals surface area contributed by atoms with Crippen LogP contribution in [0.5, 0.6) is 0 Å². The maximum atomic E-state index is 12.9. The molecule has 4 rings (SSSR count). The summed E-state index contributed by atoms with van der Waals surface area (Å²) in [6.45, 7) is 7.64. The molecule has 2 aliphatic carbocycles. The van der Waals surface area contributed by atoms with E-state index in [1.165, 1.54) is 25.7 Å². The van der Waals surface area contributed by atoms with Crippen LogP contribution in [0.1, 0.15) is 45.1 Å². The summed E-state index contributed by atoms with van der Waals surface area (Å²) < 4.78 is 0. The number of urea groups is 1. The zero-order valence-corrected chi connectivity index (χ0v) is 17.0. The number of hydrogen-bond acceptors (Lipinski definition) is 4. The third kappa shape index (κ3) is 3.94. The molecule has 2 saturated carbocycles. The van der Waals surface area contributed by atoms with E-state index in [1.54, 1.807) is 12.3 Å². The number of carbonyl (C=O) groups is 1. The number of rotatable bonds is 2. The highest BCUT2D eigenvalue weighted by Gasteiger charge is 2.41. The molecule has 0 aromatic carbocycles. The molecule has 3 aliphatic rings. The molecule has 1 saturated heterocycles. The second-order valence-corrected chi connectivity index (χ2v) is 9.12. The highest BCUT2D eigenvalue weighted by Crippen LogP contribution is 2.44. The number of pyridine rings is 1. The summed E-state index contributed by atoms with van der Waals surface area (Å²) in [5.74, 6) is 3.75. The van der Waals surface area contributed by atoms with Crippen molar-refractivity contribution in [1.29, 1.82) is 5.26 Å². The zero-order valence-electron chi connectivity index (χ0n) is 17.0. The van der Waals surface area contributed by atoms with Gasteiger partial charge in [0.1, 0.15) is 11.9 Å². The van der Waals surface area contributed by atoms with Crippen molar-refractivity contribution in [2.24, 2.45) is 23.7 Å². The van der Waals surface area contributed by atoms with Gasteiger partial charge < -0.3 is 15.1 Å². The number of piperazine rings is 1. The topological polar surface area (TPSA) is 72.3 Å². The number of amides is 2. The molecule has 6 heteroatoms. The van der Waals surface area contributed by atoms with Gasteiger partial charge in [0.15, 0.2) is 0 Å². The summed E-state index contributed by atoms with van der Waals surface area (Å²) in [6.07, 6.45) is 6.77. The van der Waals surface area contributed by atoms with Crippen LogP contribution in [0, 0.1) is 35.0 Å². The van der Waals surface area contributed by atoms with Crippen molar-refractivity contribution >= 4 is 11.8 Å². The lowest BCUT2D eigenvalue weighted by Gasteiger charge is -2.47. The average Bonchev–Trinajstić information content (AvgIpc) is 2.70. The maximum absolute atomic E-state index is 12.9. The first-order chi connectivity index (χ1) is 13.5. The minimum Gasteiger partial charge on any atom is -0.353 e. The van der Waals surface area contributed by atoms with Gasteiger partial charge in [-0.2, -0.15) is 5.26 Å². The Morgan fingerprint density at radius 3 is 2.61 bits per heavy atom. The Balaban J connectivity index is 1.32. The average molecular weight is 382 g/mol. The smallest absolute Gasteiger partial charge is 0.317 e. The van der Waals surface area contributed by atoms with Gasteiger partial charge in [0.2, 0.25) is 0 Å². The van der Waals surface area contributed by atoms with Crippen LogP contribution in [0.2, 0.25) is 0 Å². The normalized spacial score (nSPS) is 32.5. The van der Waals surface area contributed by atoms with Gasteiger partial charge >= 0.3 is 6.03 Å². The van der Waals surface area contributed by atoms with Crippen molar-refractivity contribution in [3.05, 3.63) is 23.9 Å². The second kappa shape index (κ2) is 7.98. The van der Waals surface area contributed by atoms with Gasteiger partial charge in [-0.1, -0.05) is 13.8 Å². The van der Waals surface area contributed by atoms with E-state index in [2.05, 4.69) is 35.1 Å². The van der Waals surface area contributed by atoms with E-state index in [0.29, 0.717) is 36.5 Å². The van der Waals surface area contributed by atoms with Gasteiger partial charge in [-0.15, -0.1) is 0 Å². The molecule has 2 bridgehead atoms. The van der Waals surface area contributed by atoms with E-state index >= 15 is 0 Å². The first-order valence-corrected chi connectivity index (χ1v) is 10.7. The highest BCUT2D eigenvalue weighted by molar-refractivity contribution is 5.75. The molecular weight excluding hydrogens is 350 g/mol. The van der Waals surface area contributed by atoms with Crippen molar-refractivity contribution in [1.82, 2.24) is 15.2 Å². The SMILES string of the molecule is CC1CC2CC(C)C(NC(=O)N3CCN(c4ccc(C#N)cn4)CC3)C(C1)C2. The van der Waals surface area contributed by atoms with Gasteiger partial charge in [0, 0.05) is 38.4 Å². The number of hydrogen-bond donors (Lipinski definition) is 1. The largest absolute Gasteiger partial charge is 0.353 e. The Hall–Kier alpha value is -2.29. The van der Waals surface area contributed by atoms with Gasteiger partial charge in [0.05, 0.1) is 5.56 Å². The molecule has 2 heterocycles. The summed E-state index contributed by atoms with van der Waals surface area (Å²) in [4.78, 5) is 21.4. The fourth-order valence-electron chi connectivity index (χ4n) is 5.70. The highest BCUT2D eigenvalue weighted by atomic mass is 16.2. The van der Waals surface area contributed by atoms with Crippen LogP contribution in [0.25, 0.3) is 0 Å². The van der Waals surface area contributed by atoms with Crippen LogP contribution in [0.15, 0.2) is 18.3 Å². The van der Waals surface area contributed by atoms with E-state index in [4.69, 9.17) is 5.26 Å². The summed E-state index contributed by atoms with van der Waals surface area (Å²) in [5.41, 5.74) is 0.572. The predicted octanol–water partition coefficient (Wildman–Crippen LogP) is 3.25. The van der Waals surface area contributed by atoms with E-state index in [-0.39, 0.29) is 6.03 Å². The number of nitriles is 1. The first-order valence-electron chi connectivity index (χ1n) is 10.7. The van der Waals surface area contributed by atoms with E-state index in [9.17, 15) is 4.79 Å². The van der Waals surface area contributed by atoms with E-state index in [1.807, 2.05) is 11.0 Å². The lowest BCUT2D eigenvalue weighted by atomic mass is 9.63. The molecule has 3 fully saturated rings. The molecule has 28 heavy (non-hydrogen) atoms. The monoisotopic (exact) mass is 381 g/mol. The lowest BCUT2D eigenvalue weighted by Crippen LogP contribution is -2.57. The van der Waals surface area contributed by atoms with Crippen LogP contribution in [-0.4, -0.2) is 48.1 Å². The molecular formula is C22H31N5O. The summed E-state index contributed by atoms with van der Waals surface area (Å²) in [7, 11) is 0.